The van der Waals surface area contributed by atoms with Crippen LogP contribution in [0, 0.1) is 0 Å². The molecule has 1 unspecified atom stereocenters. The molecule has 8 heteroatoms. The van der Waals surface area contributed by atoms with Gasteiger partial charge in [-0.3, -0.25) is 9.00 Å². The highest BCUT2D eigenvalue weighted by atomic mass is 32.2. The number of esters is 1. The minimum atomic E-state index is -1.57. The summed E-state index contributed by atoms with van der Waals surface area (Å²) >= 11 is 0. The lowest BCUT2D eigenvalue weighted by Gasteiger charge is -2.36. The Balaban J connectivity index is 2.45. The lowest BCUT2D eigenvalue weighted by atomic mass is 10.1. The first-order chi connectivity index (χ1) is 11.9. The Morgan fingerprint density at radius 1 is 1.28 bits per heavy atom. The van der Waals surface area contributed by atoms with Gasteiger partial charge in [-0.25, -0.2) is 9.86 Å². The van der Waals surface area contributed by atoms with E-state index in [2.05, 4.69) is 0 Å². The zero-order valence-electron chi connectivity index (χ0n) is 14.6. The molecule has 1 heterocycles. The van der Waals surface area contributed by atoms with Gasteiger partial charge in [0.05, 0.1) is 36.0 Å². The number of allylic oxidation sites excluding steroid dienone is 1. The Kier molecular flexibility index (Phi) is 6.19. The largest absolute Gasteiger partial charge is 0.497 e. The summed E-state index contributed by atoms with van der Waals surface area (Å²) in [4.78, 5) is 29.0. The van der Waals surface area contributed by atoms with Crippen molar-refractivity contribution < 1.29 is 28.1 Å². The number of carbonyl (C=O) groups is 2. The standard InChI is InChI=1S/C17H21NO6S/c1-5-23-17(20)16-11(2)18(24-12(3)19)15(10-25(16)21)13-6-8-14(22-4)9-7-13/h6-9,15H,5,10H2,1-4H3/t15-,25?/m0/s1. The van der Waals surface area contributed by atoms with Crippen LogP contribution in [0.5, 0.6) is 5.75 Å². The van der Waals surface area contributed by atoms with Crippen molar-refractivity contribution in [2.75, 3.05) is 19.5 Å². The van der Waals surface area contributed by atoms with Gasteiger partial charge in [0.1, 0.15) is 16.7 Å². The maximum Gasteiger partial charge on any atom is 0.349 e. The van der Waals surface area contributed by atoms with Gasteiger partial charge in [0.2, 0.25) is 0 Å². The van der Waals surface area contributed by atoms with Crippen LogP contribution in [0.2, 0.25) is 0 Å². The van der Waals surface area contributed by atoms with E-state index in [-0.39, 0.29) is 17.3 Å². The number of methoxy groups -OCH3 is 1. The van der Waals surface area contributed by atoms with Crippen LogP contribution in [0.25, 0.3) is 0 Å². The molecule has 0 aromatic heterocycles. The molecule has 2 atom stereocenters. The summed E-state index contributed by atoms with van der Waals surface area (Å²) in [5.74, 6) is -0.415. The molecule has 1 aromatic carbocycles. The van der Waals surface area contributed by atoms with E-state index < -0.39 is 28.8 Å². The molecule has 1 aromatic rings. The lowest BCUT2D eigenvalue weighted by molar-refractivity contribution is -0.188. The fourth-order valence-electron chi connectivity index (χ4n) is 2.56. The molecular formula is C17H21NO6S. The highest BCUT2D eigenvalue weighted by Gasteiger charge is 2.37. The molecule has 0 saturated heterocycles. The van der Waals surface area contributed by atoms with Gasteiger partial charge < -0.3 is 14.3 Å². The smallest absolute Gasteiger partial charge is 0.349 e. The number of hydroxylamine groups is 2. The number of rotatable bonds is 5. The Morgan fingerprint density at radius 2 is 1.92 bits per heavy atom. The van der Waals surface area contributed by atoms with E-state index in [4.69, 9.17) is 14.3 Å². The van der Waals surface area contributed by atoms with Crippen LogP contribution in [0.1, 0.15) is 32.4 Å². The molecule has 0 fully saturated rings. The van der Waals surface area contributed by atoms with Gasteiger partial charge in [-0.1, -0.05) is 12.1 Å². The third-order valence-corrected chi connectivity index (χ3v) is 5.20. The van der Waals surface area contributed by atoms with Crippen LogP contribution in [0.4, 0.5) is 0 Å². The van der Waals surface area contributed by atoms with Gasteiger partial charge in [-0.2, -0.15) is 0 Å². The summed E-state index contributed by atoms with van der Waals surface area (Å²) in [7, 11) is -0.00818. The van der Waals surface area contributed by atoms with E-state index in [1.54, 1.807) is 45.2 Å². The highest BCUT2D eigenvalue weighted by Crippen LogP contribution is 2.35. The quantitative estimate of drug-likeness (QED) is 0.737. The zero-order chi connectivity index (χ0) is 18.6. The van der Waals surface area contributed by atoms with E-state index in [9.17, 15) is 13.8 Å². The minimum Gasteiger partial charge on any atom is -0.497 e. The minimum absolute atomic E-state index is 0.0212. The third kappa shape index (κ3) is 4.19. The predicted octanol–water partition coefficient (Wildman–Crippen LogP) is 2.07. The maximum atomic E-state index is 12.6. The Hall–Kier alpha value is -2.35. The lowest BCUT2D eigenvalue weighted by Crippen LogP contribution is -2.39. The predicted molar refractivity (Wildman–Crippen MR) is 91.7 cm³/mol. The molecule has 7 nitrogen and oxygen atoms in total. The second-order valence-corrected chi connectivity index (χ2v) is 6.78. The van der Waals surface area contributed by atoms with E-state index in [1.807, 2.05) is 0 Å². The maximum absolute atomic E-state index is 12.6. The zero-order valence-corrected chi connectivity index (χ0v) is 15.4. The van der Waals surface area contributed by atoms with Crippen molar-refractivity contribution >= 4 is 22.7 Å². The third-order valence-electron chi connectivity index (χ3n) is 3.67. The monoisotopic (exact) mass is 367 g/mol. The average Bonchev–Trinajstić information content (AvgIpc) is 2.57. The summed E-state index contributed by atoms with van der Waals surface area (Å²) in [5.41, 5.74) is 1.09. The van der Waals surface area contributed by atoms with Crippen molar-refractivity contribution in [2.45, 2.75) is 26.8 Å². The molecular weight excluding hydrogens is 346 g/mol. The highest BCUT2D eigenvalue weighted by molar-refractivity contribution is 7.90. The molecule has 1 aliphatic heterocycles. The van der Waals surface area contributed by atoms with Gasteiger partial charge in [-0.05, 0) is 31.5 Å². The van der Waals surface area contributed by atoms with Crippen molar-refractivity contribution in [3.63, 3.8) is 0 Å². The van der Waals surface area contributed by atoms with Crippen LogP contribution < -0.4 is 4.74 Å². The molecule has 2 rings (SSSR count). The first kappa shape index (κ1) is 19.0. The average molecular weight is 367 g/mol. The Labute approximate surface area is 149 Å². The van der Waals surface area contributed by atoms with Crippen LogP contribution in [-0.4, -0.2) is 40.7 Å². The van der Waals surface area contributed by atoms with Gasteiger partial charge in [0.15, 0.2) is 0 Å². The van der Waals surface area contributed by atoms with Crippen molar-refractivity contribution in [1.82, 2.24) is 5.06 Å². The number of nitrogens with zero attached hydrogens (tertiary/aromatic N) is 1. The summed E-state index contributed by atoms with van der Waals surface area (Å²) in [6.45, 7) is 4.70. The van der Waals surface area contributed by atoms with E-state index in [0.717, 1.165) is 5.56 Å². The van der Waals surface area contributed by atoms with Crippen molar-refractivity contribution in [1.29, 1.82) is 0 Å². The molecule has 0 N–H and O–H groups in total. The molecule has 0 aliphatic carbocycles. The van der Waals surface area contributed by atoms with Crippen molar-refractivity contribution in [2.24, 2.45) is 0 Å². The van der Waals surface area contributed by atoms with Gasteiger partial charge in [0.25, 0.3) is 0 Å². The Morgan fingerprint density at radius 3 is 2.44 bits per heavy atom. The number of hydrogen-bond acceptors (Lipinski definition) is 7. The molecule has 0 spiro atoms. The summed E-state index contributed by atoms with van der Waals surface area (Å²) < 4.78 is 22.7. The van der Waals surface area contributed by atoms with Crippen LogP contribution in [0.3, 0.4) is 0 Å². The SMILES string of the molecule is CCOC(=O)C1=C(C)N(OC(C)=O)[C@H](c2ccc(OC)cc2)CS1=O. The van der Waals surface area contributed by atoms with E-state index >= 15 is 0 Å². The van der Waals surface area contributed by atoms with Crippen LogP contribution >= 0.6 is 0 Å². The first-order valence-corrected chi connectivity index (χ1v) is 9.09. The fourth-order valence-corrected chi connectivity index (χ4v) is 4.00. The van der Waals surface area contributed by atoms with Gasteiger partial charge >= 0.3 is 11.9 Å². The molecule has 136 valence electrons. The van der Waals surface area contributed by atoms with Crippen LogP contribution in [-0.2, 0) is 30.0 Å². The summed E-state index contributed by atoms with van der Waals surface area (Å²) in [6, 6.07) is 6.67. The Bertz CT molecular complexity index is 712. The van der Waals surface area contributed by atoms with Crippen LogP contribution in [0.15, 0.2) is 34.9 Å². The topological polar surface area (TPSA) is 82.1 Å². The molecule has 0 saturated carbocycles. The fraction of sp³-hybridized carbons (Fsp3) is 0.412. The van der Waals surface area contributed by atoms with Gasteiger partial charge in [0, 0.05) is 6.92 Å². The second kappa shape index (κ2) is 8.15. The summed E-state index contributed by atoms with van der Waals surface area (Å²) in [6.07, 6.45) is 0. The molecule has 1 aliphatic rings. The second-order valence-electron chi connectivity index (χ2n) is 5.34. The van der Waals surface area contributed by atoms with E-state index in [0.29, 0.717) is 11.4 Å². The van der Waals surface area contributed by atoms with Gasteiger partial charge in [-0.15, -0.1) is 0 Å². The van der Waals surface area contributed by atoms with Crippen molar-refractivity contribution in [3.8, 4) is 5.75 Å². The number of ether oxygens (including phenoxy) is 2. The normalized spacial score (nSPS) is 20.2. The first-order valence-electron chi connectivity index (χ1n) is 7.77. The molecule has 0 amide bonds. The number of benzene rings is 1. The summed E-state index contributed by atoms with van der Waals surface area (Å²) in [5, 5.41) is 1.33. The number of hydrogen-bond donors (Lipinski definition) is 0. The van der Waals surface area contributed by atoms with Crippen molar-refractivity contribution in [3.05, 3.63) is 40.4 Å². The van der Waals surface area contributed by atoms with E-state index in [1.165, 1.54) is 12.0 Å². The molecule has 25 heavy (non-hydrogen) atoms. The molecule has 0 radical (unpaired) electrons. The molecule has 0 bridgehead atoms. The number of carbonyl (C=O) groups excluding carboxylic acids is 2.